The maximum atomic E-state index is 11.6. The number of sulfone groups is 1. The number of urea groups is 1. The summed E-state index contributed by atoms with van der Waals surface area (Å²) in [5.41, 5.74) is -0.837. The Bertz CT molecular complexity index is 498. The molecule has 1 saturated carbocycles. The summed E-state index contributed by atoms with van der Waals surface area (Å²) in [6.07, 6.45) is 3.20. The van der Waals surface area contributed by atoms with Gasteiger partial charge in [0.1, 0.15) is 0 Å². The van der Waals surface area contributed by atoms with E-state index in [1.807, 2.05) is 0 Å². The molecule has 1 atom stereocenters. The first-order valence-corrected chi connectivity index (χ1v) is 8.54. The van der Waals surface area contributed by atoms with Gasteiger partial charge in [0.15, 0.2) is 9.84 Å². The van der Waals surface area contributed by atoms with Gasteiger partial charge < -0.3 is 15.7 Å². The summed E-state index contributed by atoms with van der Waals surface area (Å²) >= 11 is 0. The fourth-order valence-corrected chi connectivity index (χ4v) is 4.44. The molecule has 1 aliphatic heterocycles. The van der Waals surface area contributed by atoms with Crippen molar-refractivity contribution in [2.24, 2.45) is 5.41 Å². The summed E-state index contributed by atoms with van der Waals surface area (Å²) in [6.45, 7) is 0.180. The fourth-order valence-electron chi connectivity index (χ4n) is 2.68. The molecule has 114 valence electrons. The van der Waals surface area contributed by atoms with Crippen LogP contribution in [0, 0.1) is 5.41 Å². The van der Waals surface area contributed by atoms with Crippen molar-refractivity contribution in [3.05, 3.63) is 0 Å². The van der Waals surface area contributed by atoms with Gasteiger partial charge in [0, 0.05) is 13.1 Å². The Morgan fingerprint density at radius 1 is 1.20 bits per heavy atom. The molecule has 2 amide bonds. The number of carbonyl (C=O) groups excluding carboxylic acids is 1. The molecule has 2 aliphatic rings. The quantitative estimate of drug-likeness (QED) is 0.667. The molecule has 8 heteroatoms. The van der Waals surface area contributed by atoms with E-state index >= 15 is 0 Å². The van der Waals surface area contributed by atoms with E-state index in [9.17, 15) is 18.0 Å². The Morgan fingerprint density at radius 3 is 2.35 bits per heavy atom. The molecule has 0 spiro atoms. The molecule has 0 bridgehead atoms. The second-order valence-electron chi connectivity index (χ2n) is 5.63. The maximum absolute atomic E-state index is 11.6. The lowest BCUT2D eigenvalue weighted by atomic mass is 9.69. The van der Waals surface area contributed by atoms with Crippen LogP contribution in [0.5, 0.6) is 0 Å². The van der Waals surface area contributed by atoms with Crippen LogP contribution < -0.4 is 10.6 Å². The van der Waals surface area contributed by atoms with E-state index in [2.05, 4.69) is 10.6 Å². The number of hydrogen-bond donors (Lipinski definition) is 3. The van der Waals surface area contributed by atoms with Crippen LogP contribution in [-0.2, 0) is 14.6 Å². The highest BCUT2D eigenvalue weighted by molar-refractivity contribution is 7.92. The number of amides is 2. The van der Waals surface area contributed by atoms with Crippen molar-refractivity contribution in [3.8, 4) is 0 Å². The zero-order valence-electron chi connectivity index (χ0n) is 11.2. The second kappa shape index (κ2) is 5.59. The van der Waals surface area contributed by atoms with Gasteiger partial charge in [0.05, 0.1) is 16.4 Å². The molecule has 1 heterocycles. The molecule has 1 aliphatic carbocycles. The highest BCUT2D eigenvalue weighted by Gasteiger charge is 2.44. The Hall–Kier alpha value is -1.31. The molecule has 2 rings (SSSR count). The Morgan fingerprint density at radius 2 is 1.90 bits per heavy atom. The van der Waals surface area contributed by atoms with Crippen molar-refractivity contribution in [2.45, 2.75) is 37.4 Å². The van der Waals surface area contributed by atoms with Crippen molar-refractivity contribution in [1.82, 2.24) is 10.6 Å². The van der Waals surface area contributed by atoms with Crippen LogP contribution in [0.1, 0.15) is 32.1 Å². The van der Waals surface area contributed by atoms with E-state index < -0.39 is 32.5 Å². The minimum atomic E-state index is -3.07. The van der Waals surface area contributed by atoms with Gasteiger partial charge in [-0.25, -0.2) is 13.2 Å². The summed E-state index contributed by atoms with van der Waals surface area (Å²) in [5, 5.41) is 13.7. The monoisotopic (exact) mass is 304 g/mol. The Kier molecular flexibility index (Phi) is 4.22. The maximum Gasteiger partial charge on any atom is 0.314 e. The van der Waals surface area contributed by atoms with Gasteiger partial charge in [-0.1, -0.05) is 6.42 Å². The van der Waals surface area contributed by atoms with E-state index in [4.69, 9.17) is 5.11 Å². The van der Waals surface area contributed by atoms with E-state index in [-0.39, 0.29) is 18.8 Å². The van der Waals surface area contributed by atoms with Crippen LogP contribution in [0.25, 0.3) is 0 Å². The molecule has 2 fully saturated rings. The van der Waals surface area contributed by atoms with Crippen LogP contribution in [0.2, 0.25) is 0 Å². The number of carboxylic acid groups (broad SMARTS) is 1. The van der Waals surface area contributed by atoms with Gasteiger partial charge in [-0.15, -0.1) is 0 Å². The molecule has 3 N–H and O–H groups in total. The Labute approximate surface area is 118 Å². The lowest BCUT2D eigenvalue weighted by Gasteiger charge is -2.37. The van der Waals surface area contributed by atoms with Crippen molar-refractivity contribution >= 4 is 21.8 Å². The summed E-state index contributed by atoms with van der Waals surface area (Å²) in [7, 11) is -3.07. The third-order valence-corrected chi connectivity index (χ3v) is 6.58. The van der Waals surface area contributed by atoms with Crippen LogP contribution in [-0.4, -0.2) is 49.6 Å². The van der Waals surface area contributed by atoms with Gasteiger partial charge in [-0.2, -0.15) is 0 Å². The van der Waals surface area contributed by atoms with Gasteiger partial charge >= 0.3 is 12.0 Å². The number of nitrogens with one attached hydrogen (secondary N) is 2. The molecule has 0 aromatic heterocycles. The second-order valence-corrected chi connectivity index (χ2v) is 8.03. The minimum Gasteiger partial charge on any atom is -0.481 e. The summed E-state index contributed by atoms with van der Waals surface area (Å²) < 4.78 is 23.2. The fraction of sp³-hybridized carbons (Fsp3) is 0.833. The highest BCUT2D eigenvalue weighted by atomic mass is 32.2. The van der Waals surface area contributed by atoms with Gasteiger partial charge in [0.25, 0.3) is 0 Å². The van der Waals surface area contributed by atoms with Crippen LogP contribution in [0.3, 0.4) is 0 Å². The van der Waals surface area contributed by atoms with Crippen LogP contribution in [0.15, 0.2) is 0 Å². The summed E-state index contributed by atoms with van der Waals surface area (Å²) in [5.74, 6) is -0.703. The van der Waals surface area contributed by atoms with Crippen LogP contribution in [0.4, 0.5) is 4.79 Å². The van der Waals surface area contributed by atoms with Gasteiger partial charge in [-0.05, 0) is 25.7 Å². The standard InChI is InChI=1S/C12H20N2O5S/c15-10(16)12(4-2-5-12)8-14-11(17)13-7-9-3-1-6-20(9,18)19/h9H,1-8H2,(H,15,16)(H2,13,14,17). The third-order valence-electron chi connectivity index (χ3n) is 4.30. The van der Waals surface area contributed by atoms with Gasteiger partial charge in [-0.3, -0.25) is 4.79 Å². The van der Waals surface area contributed by atoms with E-state index in [0.717, 1.165) is 6.42 Å². The average molecular weight is 304 g/mol. The van der Waals surface area contributed by atoms with Crippen molar-refractivity contribution in [2.75, 3.05) is 18.8 Å². The first kappa shape index (κ1) is 15.1. The molecule has 0 radical (unpaired) electrons. The predicted molar refractivity (Wildman–Crippen MR) is 72.1 cm³/mol. The molecule has 1 unspecified atom stereocenters. The summed E-state index contributed by atoms with van der Waals surface area (Å²) in [6, 6.07) is -0.500. The molecule has 20 heavy (non-hydrogen) atoms. The topological polar surface area (TPSA) is 113 Å². The first-order chi connectivity index (χ1) is 9.36. The number of carbonyl (C=O) groups is 2. The largest absolute Gasteiger partial charge is 0.481 e. The molecule has 1 saturated heterocycles. The number of aliphatic carboxylic acids is 1. The number of hydrogen-bond acceptors (Lipinski definition) is 4. The highest BCUT2D eigenvalue weighted by Crippen LogP contribution is 2.40. The first-order valence-electron chi connectivity index (χ1n) is 6.82. The van der Waals surface area contributed by atoms with Crippen molar-refractivity contribution < 1.29 is 23.1 Å². The normalized spacial score (nSPS) is 26.5. The zero-order valence-corrected chi connectivity index (χ0v) is 12.0. The number of carboxylic acids is 1. The van der Waals surface area contributed by atoms with E-state index in [1.165, 1.54) is 0 Å². The minimum absolute atomic E-state index is 0.0889. The predicted octanol–water partition coefficient (Wildman–Crippen LogP) is 0.118. The lowest BCUT2D eigenvalue weighted by molar-refractivity contribution is -0.153. The number of rotatable bonds is 5. The van der Waals surface area contributed by atoms with Crippen molar-refractivity contribution in [1.29, 1.82) is 0 Å². The van der Waals surface area contributed by atoms with Gasteiger partial charge in [0.2, 0.25) is 0 Å². The molecule has 0 aromatic carbocycles. The zero-order chi connectivity index (χ0) is 14.8. The SMILES string of the molecule is O=C(NCC1CCCS1(=O)=O)NCC1(C(=O)O)CCC1. The van der Waals surface area contributed by atoms with Crippen molar-refractivity contribution in [3.63, 3.8) is 0 Å². The Balaban J connectivity index is 1.75. The van der Waals surface area contributed by atoms with E-state index in [1.54, 1.807) is 0 Å². The third kappa shape index (κ3) is 3.05. The summed E-state index contributed by atoms with van der Waals surface area (Å²) in [4.78, 5) is 22.7. The average Bonchev–Trinajstić information content (AvgIpc) is 2.63. The molecule has 7 nitrogen and oxygen atoms in total. The molecule has 0 aromatic rings. The smallest absolute Gasteiger partial charge is 0.314 e. The molecular formula is C12H20N2O5S. The molecular weight excluding hydrogens is 284 g/mol. The van der Waals surface area contributed by atoms with Crippen LogP contribution >= 0.6 is 0 Å². The lowest BCUT2D eigenvalue weighted by Crippen LogP contribution is -2.50. The van der Waals surface area contributed by atoms with E-state index in [0.29, 0.717) is 25.7 Å².